The van der Waals surface area contributed by atoms with Crippen LogP contribution in [0.3, 0.4) is 0 Å². The molecule has 30 heavy (non-hydrogen) atoms. The number of carbonyl (C=O) groups is 1. The maximum absolute atomic E-state index is 14.2. The van der Waals surface area contributed by atoms with Gasteiger partial charge in [-0.05, 0) is 48.0 Å². The Hall–Kier alpha value is -3.87. The number of furan rings is 1. The zero-order valence-electron chi connectivity index (χ0n) is 16.5. The van der Waals surface area contributed by atoms with Gasteiger partial charge < -0.3 is 20.2 Å². The van der Waals surface area contributed by atoms with Crippen LogP contribution in [0, 0.1) is 5.82 Å². The normalized spacial score (nSPS) is 12.1. The average Bonchev–Trinajstić information content (AvgIpc) is 3.15. The second-order valence-corrected chi connectivity index (χ2v) is 6.34. The third-order valence-corrected chi connectivity index (χ3v) is 4.56. The summed E-state index contributed by atoms with van der Waals surface area (Å²) in [6.45, 7) is 3.47. The largest absolute Gasteiger partial charge is 0.494 e. The molecule has 7 heteroatoms. The molecule has 1 amide bonds. The van der Waals surface area contributed by atoms with E-state index in [2.05, 4.69) is 11.9 Å². The number of ether oxygens (including phenoxy) is 1. The minimum absolute atomic E-state index is 0.136. The number of allylic oxidation sites excluding steroid dienone is 3. The van der Waals surface area contributed by atoms with Crippen LogP contribution in [0.4, 0.5) is 8.78 Å². The lowest BCUT2D eigenvalue weighted by molar-refractivity contribution is 0.0964. The number of amides is 1. The van der Waals surface area contributed by atoms with Gasteiger partial charge in [-0.2, -0.15) is 0 Å². The molecular weight excluding hydrogens is 390 g/mol. The molecule has 154 valence electrons. The molecule has 0 bridgehead atoms. The number of rotatable bonds is 6. The molecule has 3 aromatic rings. The Bertz CT molecular complexity index is 1180. The van der Waals surface area contributed by atoms with Crippen molar-refractivity contribution >= 4 is 22.4 Å². The standard InChI is InChI=1S/C23H20F2N2O3/c1-13(29-3)19(25)11-16(12-26)15-6-9-20-18(10-15)21(23(28)27-2)22(30-20)14-4-7-17(24)8-5-14/h4-12H,1,26H2,2-3H3,(H,27,28)/b16-12+,19-11+. The molecule has 1 heterocycles. The summed E-state index contributed by atoms with van der Waals surface area (Å²) in [5.41, 5.74) is 7.88. The first-order chi connectivity index (χ1) is 14.4. The van der Waals surface area contributed by atoms with Gasteiger partial charge in [0.25, 0.3) is 5.91 Å². The fraction of sp³-hybridized carbons (Fsp3) is 0.0870. The summed E-state index contributed by atoms with van der Waals surface area (Å²) in [6, 6.07) is 10.6. The zero-order valence-corrected chi connectivity index (χ0v) is 16.5. The van der Waals surface area contributed by atoms with E-state index in [1.165, 1.54) is 50.7 Å². The number of carbonyl (C=O) groups excluding carboxylic acids is 1. The van der Waals surface area contributed by atoms with Crippen LogP contribution in [0.1, 0.15) is 15.9 Å². The maximum atomic E-state index is 14.2. The molecule has 1 aromatic heterocycles. The van der Waals surface area contributed by atoms with Crippen molar-refractivity contribution in [3.05, 3.63) is 89.8 Å². The Kier molecular flexibility index (Phi) is 6.01. The number of hydrogen-bond donors (Lipinski definition) is 2. The van der Waals surface area contributed by atoms with E-state index in [4.69, 9.17) is 14.9 Å². The third kappa shape index (κ3) is 3.96. The first kappa shape index (κ1) is 20.9. The lowest BCUT2D eigenvalue weighted by atomic mass is 10.00. The van der Waals surface area contributed by atoms with Gasteiger partial charge in [0, 0.05) is 29.8 Å². The van der Waals surface area contributed by atoms with E-state index in [1.54, 1.807) is 18.2 Å². The van der Waals surface area contributed by atoms with E-state index < -0.39 is 11.6 Å². The summed E-state index contributed by atoms with van der Waals surface area (Å²) in [7, 11) is 2.81. The van der Waals surface area contributed by atoms with Crippen LogP contribution in [0.25, 0.3) is 27.9 Å². The minimum atomic E-state index is -0.681. The molecule has 0 aliphatic heterocycles. The Morgan fingerprint density at radius 3 is 2.53 bits per heavy atom. The second-order valence-electron chi connectivity index (χ2n) is 6.34. The monoisotopic (exact) mass is 410 g/mol. The van der Waals surface area contributed by atoms with Gasteiger partial charge >= 0.3 is 0 Å². The van der Waals surface area contributed by atoms with Crippen molar-refractivity contribution in [2.75, 3.05) is 14.2 Å². The van der Waals surface area contributed by atoms with Gasteiger partial charge in [-0.25, -0.2) is 8.78 Å². The highest BCUT2D eigenvalue weighted by molar-refractivity contribution is 6.11. The number of nitrogens with two attached hydrogens (primary N) is 1. The van der Waals surface area contributed by atoms with Crippen LogP contribution in [0.2, 0.25) is 0 Å². The summed E-state index contributed by atoms with van der Waals surface area (Å²) < 4.78 is 38.2. The van der Waals surface area contributed by atoms with Crippen LogP contribution in [-0.4, -0.2) is 20.1 Å². The predicted octanol–water partition coefficient (Wildman–Crippen LogP) is 4.91. The Labute approximate surface area is 172 Å². The highest BCUT2D eigenvalue weighted by Crippen LogP contribution is 2.35. The van der Waals surface area contributed by atoms with Crippen molar-refractivity contribution in [2.45, 2.75) is 0 Å². The van der Waals surface area contributed by atoms with Gasteiger partial charge in [-0.3, -0.25) is 4.79 Å². The highest BCUT2D eigenvalue weighted by Gasteiger charge is 2.22. The van der Waals surface area contributed by atoms with E-state index in [9.17, 15) is 13.6 Å². The van der Waals surface area contributed by atoms with Crippen LogP contribution in [0.15, 0.2) is 77.3 Å². The van der Waals surface area contributed by atoms with E-state index in [0.29, 0.717) is 33.4 Å². The molecular formula is C23H20F2N2O3. The minimum Gasteiger partial charge on any atom is -0.494 e. The van der Waals surface area contributed by atoms with Gasteiger partial charge in [-0.1, -0.05) is 12.6 Å². The van der Waals surface area contributed by atoms with E-state index >= 15 is 0 Å². The van der Waals surface area contributed by atoms with Crippen molar-refractivity contribution < 1.29 is 22.7 Å². The number of hydrogen-bond acceptors (Lipinski definition) is 4. The van der Waals surface area contributed by atoms with Gasteiger partial charge in [0.2, 0.25) is 0 Å². The third-order valence-electron chi connectivity index (χ3n) is 4.56. The van der Waals surface area contributed by atoms with Gasteiger partial charge in [0.1, 0.15) is 22.9 Å². The van der Waals surface area contributed by atoms with Gasteiger partial charge in [0.05, 0.1) is 12.7 Å². The van der Waals surface area contributed by atoms with Crippen molar-refractivity contribution in [2.24, 2.45) is 5.73 Å². The zero-order chi connectivity index (χ0) is 21.8. The fourth-order valence-corrected chi connectivity index (χ4v) is 2.97. The summed E-state index contributed by atoms with van der Waals surface area (Å²) in [5.74, 6) is -1.29. The predicted molar refractivity (Wildman–Crippen MR) is 113 cm³/mol. The van der Waals surface area contributed by atoms with Crippen LogP contribution >= 0.6 is 0 Å². The Balaban J connectivity index is 2.19. The molecule has 0 saturated carbocycles. The van der Waals surface area contributed by atoms with E-state index in [-0.39, 0.29) is 17.2 Å². The molecule has 2 aromatic carbocycles. The second kappa shape index (κ2) is 8.65. The van der Waals surface area contributed by atoms with Crippen molar-refractivity contribution in [3.8, 4) is 11.3 Å². The number of nitrogens with one attached hydrogen (secondary N) is 1. The molecule has 0 fully saturated rings. The molecule has 0 atom stereocenters. The molecule has 3 rings (SSSR count). The molecule has 0 unspecified atom stereocenters. The molecule has 0 saturated heterocycles. The average molecular weight is 410 g/mol. The van der Waals surface area contributed by atoms with Crippen LogP contribution in [0.5, 0.6) is 0 Å². The first-order valence-corrected chi connectivity index (χ1v) is 8.97. The lowest BCUT2D eigenvalue weighted by Crippen LogP contribution is -2.18. The Morgan fingerprint density at radius 1 is 1.23 bits per heavy atom. The number of halogens is 2. The highest BCUT2D eigenvalue weighted by atomic mass is 19.1. The van der Waals surface area contributed by atoms with Crippen molar-refractivity contribution in [1.82, 2.24) is 5.32 Å². The Morgan fingerprint density at radius 2 is 1.93 bits per heavy atom. The quantitative estimate of drug-likeness (QED) is 0.447. The van der Waals surface area contributed by atoms with E-state index in [0.717, 1.165) is 0 Å². The van der Waals surface area contributed by atoms with Crippen molar-refractivity contribution in [3.63, 3.8) is 0 Å². The molecule has 0 radical (unpaired) electrons. The molecule has 0 aliphatic rings. The van der Waals surface area contributed by atoms with Gasteiger partial charge in [-0.15, -0.1) is 0 Å². The summed E-state index contributed by atoms with van der Waals surface area (Å²) >= 11 is 0. The summed E-state index contributed by atoms with van der Waals surface area (Å²) in [5, 5.41) is 3.09. The van der Waals surface area contributed by atoms with Crippen LogP contribution < -0.4 is 11.1 Å². The molecule has 0 spiro atoms. The number of benzene rings is 2. The van der Waals surface area contributed by atoms with E-state index in [1.807, 2.05) is 0 Å². The summed E-state index contributed by atoms with van der Waals surface area (Å²) in [4.78, 5) is 12.6. The SMILES string of the molecule is C=C(OC)/C(F)=C\C(=C/N)c1ccc2oc(-c3ccc(F)cc3)c(C(=O)NC)c2c1. The topological polar surface area (TPSA) is 77.5 Å². The first-order valence-electron chi connectivity index (χ1n) is 8.97. The molecule has 0 aliphatic carbocycles. The van der Waals surface area contributed by atoms with Gasteiger partial charge in [0.15, 0.2) is 5.83 Å². The number of fused-ring (bicyclic) bond motifs is 1. The van der Waals surface area contributed by atoms with Crippen LogP contribution in [-0.2, 0) is 4.74 Å². The molecule has 3 N–H and O–H groups in total. The lowest BCUT2D eigenvalue weighted by Gasteiger charge is -2.06. The maximum Gasteiger partial charge on any atom is 0.255 e. The molecule has 5 nitrogen and oxygen atoms in total. The fourth-order valence-electron chi connectivity index (χ4n) is 2.97. The summed E-state index contributed by atoms with van der Waals surface area (Å²) in [6.07, 6.45) is 2.43. The smallest absolute Gasteiger partial charge is 0.255 e. The number of methoxy groups -OCH3 is 1. The van der Waals surface area contributed by atoms with Crippen molar-refractivity contribution in [1.29, 1.82) is 0 Å².